The van der Waals surface area contributed by atoms with E-state index < -0.39 is 0 Å². The van der Waals surface area contributed by atoms with Crippen molar-refractivity contribution in [1.82, 2.24) is 15.0 Å². The number of anilines is 1. The quantitative estimate of drug-likeness (QED) is 0.667. The van der Waals surface area contributed by atoms with Gasteiger partial charge in [-0.3, -0.25) is 4.98 Å². The lowest BCUT2D eigenvalue weighted by Crippen LogP contribution is -2.28. The fourth-order valence-electron chi connectivity index (χ4n) is 2.54. The van der Waals surface area contributed by atoms with Crippen LogP contribution in [0.3, 0.4) is 0 Å². The minimum Gasteiger partial charge on any atom is -0.439 e. The predicted octanol–water partition coefficient (Wildman–Crippen LogP) is 4.39. The molecule has 0 saturated heterocycles. The SMILES string of the molecule is CCN(c1nccc(Oc2ccc(F)cc2)n1)C(C)c1cccnc1. The largest absolute Gasteiger partial charge is 0.439 e. The zero-order valence-electron chi connectivity index (χ0n) is 14.1. The van der Waals surface area contributed by atoms with Crippen LogP contribution in [-0.2, 0) is 0 Å². The summed E-state index contributed by atoms with van der Waals surface area (Å²) in [5.41, 5.74) is 1.08. The van der Waals surface area contributed by atoms with Crippen LogP contribution in [0, 0.1) is 5.82 Å². The van der Waals surface area contributed by atoms with Gasteiger partial charge in [-0.2, -0.15) is 4.98 Å². The summed E-state index contributed by atoms with van der Waals surface area (Å²) in [4.78, 5) is 15.1. The molecule has 0 N–H and O–H groups in total. The molecule has 1 unspecified atom stereocenters. The van der Waals surface area contributed by atoms with E-state index in [0.29, 0.717) is 17.6 Å². The summed E-state index contributed by atoms with van der Waals surface area (Å²) in [7, 11) is 0. The molecule has 0 spiro atoms. The Hall–Kier alpha value is -3.02. The van der Waals surface area contributed by atoms with Crippen molar-refractivity contribution in [2.24, 2.45) is 0 Å². The monoisotopic (exact) mass is 338 g/mol. The number of hydrogen-bond donors (Lipinski definition) is 0. The molecule has 0 aliphatic heterocycles. The highest BCUT2D eigenvalue weighted by Crippen LogP contribution is 2.26. The summed E-state index contributed by atoms with van der Waals surface area (Å²) in [6.45, 7) is 4.86. The van der Waals surface area contributed by atoms with Crippen molar-refractivity contribution >= 4 is 5.95 Å². The van der Waals surface area contributed by atoms with E-state index in [4.69, 9.17) is 4.74 Å². The molecular weight excluding hydrogens is 319 g/mol. The molecule has 0 aliphatic rings. The molecule has 2 heterocycles. The number of hydrogen-bond acceptors (Lipinski definition) is 5. The van der Waals surface area contributed by atoms with E-state index in [1.54, 1.807) is 30.6 Å². The van der Waals surface area contributed by atoms with Gasteiger partial charge in [0.05, 0.1) is 6.04 Å². The highest BCUT2D eigenvalue weighted by Gasteiger charge is 2.18. The topological polar surface area (TPSA) is 51.1 Å². The normalized spacial score (nSPS) is 11.8. The Bertz CT molecular complexity index is 811. The van der Waals surface area contributed by atoms with Crippen LogP contribution in [0.15, 0.2) is 61.1 Å². The lowest BCUT2D eigenvalue weighted by molar-refractivity contribution is 0.458. The van der Waals surface area contributed by atoms with Gasteiger partial charge in [0.1, 0.15) is 11.6 Å². The molecule has 25 heavy (non-hydrogen) atoms. The van der Waals surface area contributed by atoms with E-state index in [-0.39, 0.29) is 11.9 Å². The van der Waals surface area contributed by atoms with Crippen LogP contribution in [0.4, 0.5) is 10.3 Å². The maximum Gasteiger partial charge on any atom is 0.229 e. The molecule has 0 saturated carbocycles. The van der Waals surface area contributed by atoms with Gasteiger partial charge >= 0.3 is 0 Å². The summed E-state index contributed by atoms with van der Waals surface area (Å²) in [5.74, 6) is 1.19. The van der Waals surface area contributed by atoms with Gasteiger partial charge < -0.3 is 9.64 Å². The predicted molar refractivity (Wildman–Crippen MR) is 94.2 cm³/mol. The first-order chi connectivity index (χ1) is 12.2. The van der Waals surface area contributed by atoms with Crippen LogP contribution in [0.5, 0.6) is 11.6 Å². The van der Waals surface area contributed by atoms with Gasteiger partial charge in [-0.1, -0.05) is 6.07 Å². The standard InChI is InChI=1S/C19H19FN4O/c1-3-24(14(2)15-5-4-11-21-13-15)19-22-12-10-18(23-19)25-17-8-6-16(20)7-9-17/h4-14H,3H2,1-2H3. The summed E-state index contributed by atoms with van der Waals surface area (Å²) in [6.07, 6.45) is 5.24. The van der Waals surface area contributed by atoms with Crippen LogP contribution >= 0.6 is 0 Å². The van der Waals surface area contributed by atoms with Crippen molar-refractivity contribution in [3.05, 3.63) is 72.4 Å². The minimum absolute atomic E-state index is 0.0692. The fourth-order valence-corrected chi connectivity index (χ4v) is 2.54. The van der Waals surface area contributed by atoms with Crippen LogP contribution in [0.25, 0.3) is 0 Å². The highest BCUT2D eigenvalue weighted by atomic mass is 19.1. The second-order valence-corrected chi connectivity index (χ2v) is 5.50. The van der Waals surface area contributed by atoms with Gasteiger partial charge in [-0.15, -0.1) is 0 Å². The zero-order valence-corrected chi connectivity index (χ0v) is 14.1. The Kier molecular flexibility index (Phi) is 5.18. The number of pyridine rings is 1. The minimum atomic E-state index is -0.307. The molecule has 0 bridgehead atoms. The molecule has 1 atom stereocenters. The molecule has 2 aromatic heterocycles. The van der Waals surface area contributed by atoms with Gasteiger partial charge in [0.25, 0.3) is 0 Å². The Morgan fingerprint density at radius 3 is 2.60 bits per heavy atom. The third-order valence-corrected chi connectivity index (χ3v) is 3.89. The smallest absolute Gasteiger partial charge is 0.229 e. The second-order valence-electron chi connectivity index (χ2n) is 5.50. The first-order valence-corrected chi connectivity index (χ1v) is 8.10. The summed E-state index contributed by atoms with van der Waals surface area (Å²) >= 11 is 0. The molecule has 6 heteroatoms. The van der Waals surface area contributed by atoms with E-state index >= 15 is 0 Å². The summed E-state index contributed by atoms with van der Waals surface area (Å²) in [5, 5.41) is 0. The van der Waals surface area contributed by atoms with Crippen molar-refractivity contribution in [2.75, 3.05) is 11.4 Å². The average Bonchev–Trinajstić information content (AvgIpc) is 2.65. The van der Waals surface area contributed by atoms with Gasteiger partial charge in [0.15, 0.2) is 0 Å². The van der Waals surface area contributed by atoms with Gasteiger partial charge in [0.2, 0.25) is 11.8 Å². The Morgan fingerprint density at radius 1 is 1.12 bits per heavy atom. The number of aromatic nitrogens is 3. The van der Waals surface area contributed by atoms with Crippen LogP contribution < -0.4 is 9.64 Å². The molecule has 3 aromatic rings. The maximum absolute atomic E-state index is 13.0. The molecule has 128 valence electrons. The van der Waals surface area contributed by atoms with E-state index in [1.165, 1.54) is 12.1 Å². The number of ether oxygens (including phenoxy) is 1. The van der Waals surface area contributed by atoms with E-state index in [2.05, 4.69) is 26.8 Å². The van der Waals surface area contributed by atoms with Crippen molar-refractivity contribution in [3.63, 3.8) is 0 Å². The number of rotatable bonds is 6. The average molecular weight is 338 g/mol. The highest BCUT2D eigenvalue weighted by molar-refractivity contribution is 5.37. The summed E-state index contributed by atoms with van der Waals surface area (Å²) in [6, 6.07) is 11.5. The number of nitrogens with zero attached hydrogens (tertiary/aromatic N) is 4. The Morgan fingerprint density at radius 2 is 1.92 bits per heavy atom. The van der Waals surface area contributed by atoms with E-state index in [0.717, 1.165) is 12.1 Å². The third kappa shape index (κ3) is 4.09. The van der Waals surface area contributed by atoms with Crippen LogP contribution in [0.2, 0.25) is 0 Å². The number of halogens is 1. The van der Waals surface area contributed by atoms with Gasteiger partial charge in [-0.05, 0) is 49.7 Å². The molecule has 0 aliphatic carbocycles. The number of benzene rings is 1. The molecular formula is C19H19FN4O. The van der Waals surface area contributed by atoms with Gasteiger partial charge in [-0.25, -0.2) is 9.37 Å². The van der Waals surface area contributed by atoms with Crippen LogP contribution in [0.1, 0.15) is 25.5 Å². The molecule has 3 rings (SSSR count). The van der Waals surface area contributed by atoms with Gasteiger partial charge in [0, 0.05) is 31.2 Å². The molecule has 0 amide bonds. The first-order valence-electron chi connectivity index (χ1n) is 8.10. The lowest BCUT2D eigenvalue weighted by Gasteiger charge is -2.28. The van der Waals surface area contributed by atoms with Crippen molar-refractivity contribution in [3.8, 4) is 11.6 Å². The summed E-state index contributed by atoms with van der Waals surface area (Å²) < 4.78 is 18.7. The van der Waals surface area contributed by atoms with Crippen molar-refractivity contribution in [2.45, 2.75) is 19.9 Å². The Balaban J connectivity index is 1.82. The Labute approximate surface area is 146 Å². The van der Waals surface area contributed by atoms with Crippen LogP contribution in [-0.4, -0.2) is 21.5 Å². The molecule has 1 aromatic carbocycles. The maximum atomic E-state index is 13.0. The van der Waals surface area contributed by atoms with Crippen molar-refractivity contribution < 1.29 is 9.13 Å². The lowest BCUT2D eigenvalue weighted by atomic mass is 10.1. The second kappa shape index (κ2) is 7.70. The third-order valence-electron chi connectivity index (χ3n) is 3.89. The molecule has 0 fully saturated rings. The van der Waals surface area contributed by atoms with Crippen molar-refractivity contribution in [1.29, 1.82) is 0 Å². The fraction of sp³-hybridized carbons (Fsp3) is 0.211. The van der Waals surface area contributed by atoms with E-state index in [1.807, 2.05) is 25.3 Å². The molecule has 0 radical (unpaired) electrons. The zero-order chi connectivity index (χ0) is 17.6. The molecule has 5 nitrogen and oxygen atoms in total. The van der Waals surface area contributed by atoms with E-state index in [9.17, 15) is 4.39 Å². The first kappa shape index (κ1) is 16.8.